The average molecular weight is 233 g/mol. The van der Waals surface area contributed by atoms with Crippen LogP contribution in [0.15, 0.2) is 16.6 Å². The summed E-state index contributed by atoms with van der Waals surface area (Å²) < 4.78 is 0.0628. The maximum atomic E-state index is 10.5. The van der Waals surface area contributed by atoms with E-state index in [0.29, 0.717) is 0 Å². The third kappa shape index (κ3) is 1.50. The van der Waals surface area contributed by atoms with Crippen LogP contribution < -0.4 is 0 Å². The van der Waals surface area contributed by atoms with Gasteiger partial charge in [-0.2, -0.15) is 0 Å². The second-order valence-corrected chi connectivity index (χ2v) is 2.92. The number of carboxylic acid groups (broad SMARTS) is 1. The molecule has 12 heavy (non-hydrogen) atoms. The summed E-state index contributed by atoms with van der Waals surface area (Å²) in [5, 5.41) is 26.5. The lowest BCUT2D eigenvalue weighted by atomic mass is 10.2. The predicted octanol–water partition coefficient (Wildman–Crippen LogP) is 1.56. The van der Waals surface area contributed by atoms with Crippen molar-refractivity contribution in [2.24, 2.45) is 0 Å². The van der Waals surface area contributed by atoms with E-state index in [1.807, 2.05) is 0 Å². The SMILES string of the molecule is O=C(O)c1cc(O)cc(O)c1Br. The van der Waals surface area contributed by atoms with Gasteiger partial charge in [0.15, 0.2) is 0 Å². The third-order valence-electron chi connectivity index (χ3n) is 1.27. The number of aromatic carboxylic acids is 1. The van der Waals surface area contributed by atoms with E-state index in [0.717, 1.165) is 12.1 Å². The lowest BCUT2D eigenvalue weighted by Gasteiger charge is -2.01. The summed E-state index contributed by atoms with van der Waals surface area (Å²) >= 11 is 2.87. The molecule has 5 heteroatoms. The Labute approximate surface area is 76.2 Å². The van der Waals surface area contributed by atoms with E-state index in [2.05, 4.69) is 15.9 Å². The van der Waals surface area contributed by atoms with Crippen LogP contribution in [0.3, 0.4) is 0 Å². The van der Waals surface area contributed by atoms with Gasteiger partial charge < -0.3 is 15.3 Å². The largest absolute Gasteiger partial charge is 0.508 e. The fraction of sp³-hybridized carbons (Fsp3) is 0. The highest BCUT2D eigenvalue weighted by molar-refractivity contribution is 9.10. The van der Waals surface area contributed by atoms with Crippen LogP contribution in [0.2, 0.25) is 0 Å². The Kier molecular flexibility index (Phi) is 2.23. The van der Waals surface area contributed by atoms with Gasteiger partial charge in [0.25, 0.3) is 0 Å². The van der Waals surface area contributed by atoms with Crippen LogP contribution in [-0.2, 0) is 0 Å². The number of hydrogen-bond donors (Lipinski definition) is 3. The topological polar surface area (TPSA) is 77.8 Å². The van der Waals surface area contributed by atoms with Crippen molar-refractivity contribution >= 4 is 21.9 Å². The molecule has 64 valence electrons. The molecule has 0 saturated carbocycles. The number of benzene rings is 1. The second-order valence-electron chi connectivity index (χ2n) is 2.13. The van der Waals surface area contributed by atoms with Gasteiger partial charge in [-0.1, -0.05) is 0 Å². The number of phenolic OH excluding ortho intramolecular Hbond substituents is 2. The van der Waals surface area contributed by atoms with Gasteiger partial charge in [0.05, 0.1) is 10.0 Å². The van der Waals surface area contributed by atoms with E-state index < -0.39 is 5.97 Å². The Morgan fingerprint density at radius 3 is 2.42 bits per heavy atom. The molecule has 0 radical (unpaired) electrons. The van der Waals surface area contributed by atoms with Crippen molar-refractivity contribution < 1.29 is 20.1 Å². The summed E-state index contributed by atoms with van der Waals surface area (Å²) in [5.74, 6) is -1.80. The van der Waals surface area contributed by atoms with Gasteiger partial charge >= 0.3 is 5.97 Å². The molecule has 0 unspecified atom stereocenters. The minimum Gasteiger partial charge on any atom is -0.508 e. The number of phenols is 2. The van der Waals surface area contributed by atoms with E-state index in [9.17, 15) is 4.79 Å². The van der Waals surface area contributed by atoms with Crippen LogP contribution in [0, 0.1) is 0 Å². The maximum absolute atomic E-state index is 10.5. The first kappa shape index (κ1) is 8.86. The molecule has 0 bridgehead atoms. The van der Waals surface area contributed by atoms with Crippen molar-refractivity contribution in [1.29, 1.82) is 0 Å². The molecular formula is C7H5BrO4. The molecule has 1 rings (SSSR count). The summed E-state index contributed by atoms with van der Waals surface area (Å²) in [6.07, 6.45) is 0. The molecule has 1 aromatic rings. The van der Waals surface area contributed by atoms with Crippen LogP contribution in [0.1, 0.15) is 10.4 Å². The molecule has 3 N–H and O–H groups in total. The number of aromatic hydroxyl groups is 2. The Balaban J connectivity index is 3.37. The molecular weight excluding hydrogens is 228 g/mol. The molecule has 1 aromatic carbocycles. The lowest BCUT2D eigenvalue weighted by Crippen LogP contribution is -1.97. The highest BCUT2D eigenvalue weighted by atomic mass is 79.9. The number of rotatable bonds is 1. The fourth-order valence-electron chi connectivity index (χ4n) is 0.750. The van der Waals surface area contributed by atoms with E-state index in [1.54, 1.807) is 0 Å². The summed E-state index contributed by atoms with van der Waals surface area (Å²) in [7, 11) is 0. The third-order valence-corrected chi connectivity index (χ3v) is 2.10. The molecule has 0 heterocycles. The van der Waals surface area contributed by atoms with Gasteiger partial charge in [-0.3, -0.25) is 0 Å². The first-order valence-corrected chi connectivity index (χ1v) is 3.76. The molecule has 0 spiro atoms. The van der Waals surface area contributed by atoms with E-state index in [1.165, 1.54) is 0 Å². The molecule has 0 aliphatic carbocycles. The normalized spacial score (nSPS) is 9.75. The van der Waals surface area contributed by atoms with Crippen molar-refractivity contribution in [3.05, 3.63) is 22.2 Å². The van der Waals surface area contributed by atoms with Gasteiger partial charge in [-0.15, -0.1) is 0 Å². The van der Waals surface area contributed by atoms with E-state index in [4.69, 9.17) is 15.3 Å². The van der Waals surface area contributed by atoms with Crippen LogP contribution in [0.25, 0.3) is 0 Å². The fourth-order valence-corrected chi connectivity index (χ4v) is 1.15. The number of halogens is 1. The predicted molar refractivity (Wildman–Crippen MR) is 44.4 cm³/mol. The zero-order valence-corrected chi connectivity index (χ0v) is 7.37. The molecule has 0 amide bonds. The maximum Gasteiger partial charge on any atom is 0.337 e. The van der Waals surface area contributed by atoms with E-state index >= 15 is 0 Å². The number of carbonyl (C=O) groups is 1. The number of hydrogen-bond acceptors (Lipinski definition) is 3. The Bertz CT molecular complexity index is 334. The monoisotopic (exact) mass is 232 g/mol. The van der Waals surface area contributed by atoms with Crippen LogP contribution in [0.4, 0.5) is 0 Å². The number of carboxylic acids is 1. The van der Waals surface area contributed by atoms with Crippen molar-refractivity contribution in [3.8, 4) is 11.5 Å². The van der Waals surface area contributed by atoms with Crippen molar-refractivity contribution in [1.82, 2.24) is 0 Å². The second kappa shape index (κ2) is 3.02. The molecule has 0 aliphatic rings. The Morgan fingerprint density at radius 2 is 1.92 bits per heavy atom. The smallest absolute Gasteiger partial charge is 0.337 e. The molecule has 4 nitrogen and oxygen atoms in total. The van der Waals surface area contributed by atoms with Crippen molar-refractivity contribution in [2.45, 2.75) is 0 Å². The summed E-state index contributed by atoms with van der Waals surface area (Å²) in [5.41, 5.74) is -0.174. The van der Waals surface area contributed by atoms with Gasteiger partial charge in [-0.25, -0.2) is 4.79 Å². The first-order chi connectivity index (χ1) is 5.52. The van der Waals surface area contributed by atoms with Crippen LogP contribution >= 0.6 is 15.9 Å². The standard InChI is InChI=1S/C7H5BrO4/c8-6-4(7(11)12)1-3(9)2-5(6)10/h1-2,9-10H,(H,11,12). The highest BCUT2D eigenvalue weighted by Crippen LogP contribution is 2.31. The summed E-state index contributed by atoms with van der Waals surface area (Å²) in [6, 6.07) is 2.10. The van der Waals surface area contributed by atoms with Crippen molar-refractivity contribution in [3.63, 3.8) is 0 Å². The minimum atomic E-state index is -1.21. The zero-order chi connectivity index (χ0) is 9.30. The van der Waals surface area contributed by atoms with Gasteiger partial charge in [0.2, 0.25) is 0 Å². The van der Waals surface area contributed by atoms with Gasteiger partial charge in [0.1, 0.15) is 11.5 Å². The molecule has 0 saturated heterocycles. The minimum absolute atomic E-state index is 0.0628. The van der Waals surface area contributed by atoms with Crippen LogP contribution in [-0.4, -0.2) is 21.3 Å². The lowest BCUT2D eigenvalue weighted by molar-refractivity contribution is 0.0695. The molecule has 0 aliphatic heterocycles. The first-order valence-electron chi connectivity index (χ1n) is 2.97. The van der Waals surface area contributed by atoms with E-state index in [-0.39, 0.29) is 21.5 Å². The van der Waals surface area contributed by atoms with Gasteiger partial charge in [0, 0.05) is 6.07 Å². The summed E-state index contributed by atoms with van der Waals surface area (Å²) in [6.45, 7) is 0. The Hall–Kier alpha value is -1.23. The summed E-state index contributed by atoms with van der Waals surface area (Å²) in [4.78, 5) is 10.5. The quantitative estimate of drug-likeness (QED) is 0.687. The molecule has 0 atom stereocenters. The Morgan fingerprint density at radius 1 is 1.33 bits per heavy atom. The van der Waals surface area contributed by atoms with Gasteiger partial charge in [-0.05, 0) is 22.0 Å². The van der Waals surface area contributed by atoms with Crippen molar-refractivity contribution in [2.75, 3.05) is 0 Å². The zero-order valence-electron chi connectivity index (χ0n) is 5.78. The molecule has 0 fully saturated rings. The van der Waals surface area contributed by atoms with Crippen LogP contribution in [0.5, 0.6) is 11.5 Å². The average Bonchev–Trinajstić information content (AvgIpc) is 1.96. The highest BCUT2D eigenvalue weighted by Gasteiger charge is 2.13. The molecule has 0 aromatic heterocycles.